The van der Waals surface area contributed by atoms with Crippen LogP contribution in [-0.2, 0) is 0 Å². The lowest BCUT2D eigenvalue weighted by Crippen LogP contribution is -2.12. The van der Waals surface area contributed by atoms with Crippen molar-refractivity contribution in [3.8, 4) is 0 Å². The maximum Gasteiger partial charge on any atom is 0.0482 e. The Bertz CT molecular complexity index is 288. The number of hydrogen-bond donors (Lipinski definition) is 2. The van der Waals surface area contributed by atoms with E-state index in [2.05, 4.69) is 0 Å². The molecule has 0 aliphatic rings. The summed E-state index contributed by atoms with van der Waals surface area (Å²) < 4.78 is 0. The molecular formula is C10H14ClNO. The third kappa shape index (κ3) is 2.44. The molecule has 1 aromatic carbocycles. The fourth-order valence-electron chi connectivity index (χ4n) is 1.25. The first-order chi connectivity index (χ1) is 6.16. The van der Waals surface area contributed by atoms with Crippen molar-refractivity contribution in [3.63, 3.8) is 0 Å². The molecule has 2 nitrogen and oxygen atoms in total. The Balaban J connectivity index is 2.93. The fraction of sp³-hybridized carbons (Fsp3) is 0.400. The number of aliphatic hydroxyl groups excluding tert-OH is 1. The molecule has 1 atom stereocenters. The van der Waals surface area contributed by atoms with E-state index in [-0.39, 0.29) is 12.6 Å². The van der Waals surface area contributed by atoms with Gasteiger partial charge in [0.15, 0.2) is 0 Å². The maximum atomic E-state index is 8.74. The number of hydrogen-bond acceptors (Lipinski definition) is 2. The smallest absolute Gasteiger partial charge is 0.0482 e. The molecule has 72 valence electrons. The van der Waals surface area contributed by atoms with Gasteiger partial charge in [0.05, 0.1) is 0 Å². The summed E-state index contributed by atoms with van der Waals surface area (Å²) >= 11 is 6.06. The molecule has 0 amide bonds. The van der Waals surface area contributed by atoms with Gasteiger partial charge in [-0.1, -0.05) is 29.8 Å². The lowest BCUT2D eigenvalue weighted by Gasteiger charge is -2.13. The van der Waals surface area contributed by atoms with Gasteiger partial charge in [-0.2, -0.15) is 0 Å². The predicted molar refractivity (Wildman–Crippen MR) is 54.8 cm³/mol. The van der Waals surface area contributed by atoms with Crippen LogP contribution in [0.4, 0.5) is 0 Å². The van der Waals surface area contributed by atoms with Gasteiger partial charge in [-0.25, -0.2) is 0 Å². The molecule has 0 spiro atoms. The number of rotatable bonds is 3. The highest BCUT2D eigenvalue weighted by Gasteiger charge is 2.10. The quantitative estimate of drug-likeness (QED) is 0.783. The van der Waals surface area contributed by atoms with Gasteiger partial charge >= 0.3 is 0 Å². The molecule has 1 rings (SSSR count). The van der Waals surface area contributed by atoms with Crippen LogP contribution in [0.5, 0.6) is 0 Å². The Hall–Kier alpha value is -0.570. The standard InChI is InChI=1S/C10H14ClNO/c1-7-3-2-4-8(10(7)11)9(12)5-6-13/h2-4,9,13H,5-6,12H2,1H3. The molecule has 0 saturated heterocycles. The van der Waals surface area contributed by atoms with Crippen LogP contribution in [0, 0.1) is 6.92 Å². The van der Waals surface area contributed by atoms with E-state index in [1.165, 1.54) is 0 Å². The van der Waals surface area contributed by atoms with Crippen LogP contribution in [0.2, 0.25) is 5.02 Å². The summed E-state index contributed by atoms with van der Waals surface area (Å²) in [6.45, 7) is 2.03. The van der Waals surface area contributed by atoms with Gasteiger partial charge in [0, 0.05) is 17.7 Å². The summed E-state index contributed by atoms with van der Waals surface area (Å²) in [6.07, 6.45) is 0.545. The summed E-state index contributed by atoms with van der Waals surface area (Å²) in [6, 6.07) is 5.60. The monoisotopic (exact) mass is 199 g/mol. The topological polar surface area (TPSA) is 46.2 Å². The third-order valence-electron chi connectivity index (χ3n) is 2.06. The first kappa shape index (κ1) is 10.5. The number of aliphatic hydroxyl groups is 1. The zero-order valence-electron chi connectivity index (χ0n) is 7.63. The Kier molecular flexibility index (Phi) is 3.72. The molecule has 0 fully saturated rings. The minimum atomic E-state index is -0.169. The summed E-state index contributed by atoms with van der Waals surface area (Å²) in [5.41, 5.74) is 7.76. The molecule has 0 radical (unpaired) electrons. The summed E-state index contributed by atoms with van der Waals surface area (Å²) in [7, 11) is 0. The average Bonchev–Trinajstić information content (AvgIpc) is 2.10. The molecule has 0 aliphatic carbocycles. The molecule has 0 heterocycles. The zero-order valence-corrected chi connectivity index (χ0v) is 8.38. The average molecular weight is 200 g/mol. The van der Waals surface area contributed by atoms with E-state index in [1.54, 1.807) is 0 Å². The molecular weight excluding hydrogens is 186 g/mol. The van der Waals surface area contributed by atoms with Gasteiger partial charge in [0.25, 0.3) is 0 Å². The predicted octanol–water partition coefficient (Wildman–Crippen LogP) is 2.03. The lowest BCUT2D eigenvalue weighted by atomic mass is 10.0. The second-order valence-corrected chi connectivity index (χ2v) is 3.47. The second kappa shape index (κ2) is 4.61. The molecule has 1 aromatic rings. The van der Waals surface area contributed by atoms with Gasteiger partial charge in [0.2, 0.25) is 0 Å². The van der Waals surface area contributed by atoms with Gasteiger partial charge in [-0.05, 0) is 24.5 Å². The van der Waals surface area contributed by atoms with Crippen molar-refractivity contribution in [1.29, 1.82) is 0 Å². The van der Waals surface area contributed by atoms with Crippen LogP contribution in [0.1, 0.15) is 23.6 Å². The molecule has 0 aliphatic heterocycles. The molecule has 0 aromatic heterocycles. The molecule has 0 saturated carbocycles. The molecule has 0 bridgehead atoms. The van der Waals surface area contributed by atoms with Gasteiger partial charge in [-0.15, -0.1) is 0 Å². The Labute approximate surface area is 83.3 Å². The molecule has 3 heteroatoms. The molecule has 13 heavy (non-hydrogen) atoms. The summed E-state index contributed by atoms with van der Waals surface area (Å²) in [5, 5.41) is 9.45. The van der Waals surface area contributed by atoms with Gasteiger partial charge < -0.3 is 10.8 Å². The molecule has 1 unspecified atom stereocenters. The van der Waals surface area contributed by atoms with Crippen LogP contribution < -0.4 is 5.73 Å². The largest absolute Gasteiger partial charge is 0.396 e. The maximum absolute atomic E-state index is 8.74. The minimum Gasteiger partial charge on any atom is -0.396 e. The first-order valence-electron chi connectivity index (χ1n) is 4.28. The normalized spacial score (nSPS) is 12.9. The van der Waals surface area contributed by atoms with Crippen molar-refractivity contribution >= 4 is 11.6 Å². The van der Waals surface area contributed by atoms with Gasteiger partial charge in [-0.3, -0.25) is 0 Å². The number of aryl methyl sites for hydroxylation is 1. The van der Waals surface area contributed by atoms with Crippen LogP contribution in [-0.4, -0.2) is 11.7 Å². The van der Waals surface area contributed by atoms with Crippen LogP contribution in [0.25, 0.3) is 0 Å². The van der Waals surface area contributed by atoms with Crippen molar-refractivity contribution in [2.24, 2.45) is 5.73 Å². The first-order valence-corrected chi connectivity index (χ1v) is 4.66. The SMILES string of the molecule is Cc1cccc(C(N)CCO)c1Cl. The number of halogens is 1. The van der Waals surface area contributed by atoms with E-state index < -0.39 is 0 Å². The summed E-state index contributed by atoms with van der Waals surface area (Å²) in [5.74, 6) is 0. The van der Waals surface area contributed by atoms with E-state index in [4.69, 9.17) is 22.4 Å². The third-order valence-corrected chi connectivity index (χ3v) is 2.58. The van der Waals surface area contributed by atoms with Crippen molar-refractivity contribution in [2.75, 3.05) is 6.61 Å². The zero-order chi connectivity index (χ0) is 9.84. The van der Waals surface area contributed by atoms with Crippen molar-refractivity contribution in [2.45, 2.75) is 19.4 Å². The van der Waals surface area contributed by atoms with Crippen LogP contribution >= 0.6 is 11.6 Å². The van der Waals surface area contributed by atoms with Crippen molar-refractivity contribution < 1.29 is 5.11 Å². The highest BCUT2D eigenvalue weighted by molar-refractivity contribution is 6.32. The highest BCUT2D eigenvalue weighted by atomic mass is 35.5. The van der Waals surface area contributed by atoms with Crippen molar-refractivity contribution in [1.82, 2.24) is 0 Å². The minimum absolute atomic E-state index is 0.0887. The van der Waals surface area contributed by atoms with Crippen molar-refractivity contribution in [3.05, 3.63) is 34.3 Å². The Morgan fingerprint density at radius 3 is 2.85 bits per heavy atom. The lowest BCUT2D eigenvalue weighted by molar-refractivity contribution is 0.276. The summed E-state index contributed by atoms with van der Waals surface area (Å²) in [4.78, 5) is 0. The van der Waals surface area contributed by atoms with E-state index in [1.807, 2.05) is 25.1 Å². The second-order valence-electron chi connectivity index (χ2n) is 3.10. The van der Waals surface area contributed by atoms with E-state index in [0.29, 0.717) is 11.4 Å². The van der Waals surface area contributed by atoms with Gasteiger partial charge in [0.1, 0.15) is 0 Å². The van der Waals surface area contributed by atoms with E-state index in [0.717, 1.165) is 11.1 Å². The highest BCUT2D eigenvalue weighted by Crippen LogP contribution is 2.26. The Morgan fingerprint density at radius 2 is 2.23 bits per heavy atom. The molecule has 3 N–H and O–H groups in total. The number of benzene rings is 1. The van der Waals surface area contributed by atoms with Crippen LogP contribution in [0.15, 0.2) is 18.2 Å². The number of nitrogens with two attached hydrogens (primary N) is 1. The van der Waals surface area contributed by atoms with E-state index >= 15 is 0 Å². The van der Waals surface area contributed by atoms with E-state index in [9.17, 15) is 0 Å². The van der Waals surface area contributed by atoms with Crippen LogP contribution in [0.3, 0.4) is 0 Å². The Morgan fingerprint density at radius 1 is 1.54 bits per heavy atom. The fourth-order valence-corrected chi connectivity index (χ4v) is 1.52.